The van der Waals surface area contributed by atoms with E-state index < -0.39 is 0 Å². The van der Waals surface area contributed by atoms with Crippen molar-refractivity contribution in [1.29, 1.82) is 5.41 Å². The highest BCUT2D eigenvalue weighted by Crippen LogP contribution is 2.23. The summed E-state index contributed by atoms with van der Waals surface area (Å²) in [6.45, 7) is 0. The molecule has 0 fully saturated rings. The summed E-state index contributed by atoms with van der Waals surface area (Å²) in [7, 11) is 0. The highest BCUT2D eigenvalue weighted by atomic mass is 14.6. The number of hydrogen-bond donors (Lipinski definition) is 2. The Kier molecular flexibility index (Phi) is 3.69. The summed E-state index contributed by atoms with van der Waals surface area (Å²) in [6, 6.07) is 18.4. The average Bonchev–Trinajstić information content (AvgIpc) is 2.56. The second-order valence-electron chi connectivity index (χ2n) is 5.17. The maximum absolute atomic E-state index is 8.34. The SMILES string of the molecule is N=C(C1=CCCC=C1N)c1ccc(-c2ccccc2)cc1. The first-order valence-electron chi connectivity index (χ1n) is 7.16. The van der Waals surface area contributed by atoms with Gasteiger partial charge >= 0.3 is 0 Å². The van der Waals surface area contributed by atoms with Crippen LogP contribution in [0, 0.1) is 5.41 Å². The molecule has 3 N–H and O–H groups in total. The first-order chi connectivity index (χ1) is 10.3. The number of allylic oxidation sites excluding steroid dienone is 3. The van der Waals surface area contributed by atoms with E-state index >= 15 is 0 Å². The van der Waals surface area contributed by atoms with Crippen molar-refractivity contribution in [2.75, 3.05) is 0 Å². The Morgan fingerprint density at radius 3 is 2.10 bits per heavy atom. The van der Waals surface area contributed by atoms with Crippen molar-refractivity contribution in [3.63, 3.8) is 0 Å². The van der Waals surface area contributed by atoms with Gasteiger partial charge in [-0.15, -0.1) is 0 Å². The van der Waals surface area contributed by atoms with Crippen molar-refractivity contribution in [2.24, 2.45) is 5.73 Å². The monoisotopic (exact) mass is 274 g/mol. The molecule has 2 heteroatoms. The van der Waals surface area contributed by atoms with Crippen molar-refractivity contribution in [2.45, 2.75) is 12.8 Å². The third-order valence-electron chi connectivity index (χ3n) is 3.74. The Balaban J connectivity index is 1.86. The number of benzene rings is 2. The molecule has 0 saturated carbocycles. The molecule has 0 radical (unpaired) electrons. The molecule has 0 spiro atoms. The van der Waals surface area contributed by atoms with Crippen molar-refractivity contribution in [3.8, 4) is 11.1 Å². The Morgan fingerprint density at radius 1 is 0.810 bits per heavy atom. The van der Waals surface area contributed by atoms with E-state index in [-0.39, 0.29) is 0 Å². The molecule has 3 rings (SSSR count). The minimum atomic E-state index is 0.503. The van der Waals surface area contributed by atoms with Gasteiger partial charge in [0.05, 0.1) is 5.71 Å². The molecular weight excluding hydrogens is 256 g/mol. The normalized spacial score (nSPS) is 14.3. The molecule has 0 aromatic heterocycles. The summed E-state index contributed by atoms with van der Waals surface area (Å²) in [4.78, 5) is 0. The van der Waals surface area contributed by atoms with Crippen LogP contribution in [0.5, 0.6) is 0 Å². The van der Waals surface area contributed by atoms with Crippen LogP contribution in [0.25, 0.3) is 11.1 Å². The van der Waals surface area contributed by atoms with Crippen LogP contribution >= 0.6 is 0 Å². The summed E-state index contributed by atoms with van der Waals surface area (Å²) < 4.78 is 0. The van der Waals surface area contributed by atoms with E-state index in [1.54, 1.807) is 0 Å². The Labute approximate surface area is 125 Å². The van der Waals surface area contributed by atoms with Gasteiger partial charge in [0.25, 0.3) is 0 Å². The summed E-state index contributed by atoms with van der Waals surface area (Å²) in [5.41, 5.74) is 11.3. The Hall–Kier alpha value is -2.61. The summed E-state index contributed by atoms with van der Waals surface area (Å²) in [5, 5.41) is 8.34. The van der Waals surface area contributed by atoms with Crippen LogP contribution in [-0.2, 0) is 0 Å². The van der Waals surface area contributed by atoms with E-state index in [0.29, 0.717) is 5.71 Å². The van der Waals surface area contributed by atoms with Gasteiger partial charge in [0.1, 0.15) is 0 Å². The van der Waals surface area contributed by atoms with Crippen LogP contribution in [0.2, 0.25) is 0 Å². The zero-order chi connectivity index (χ0) is 14.7. The molecule has 2 aromatic carbocycles. The lowest BCUT2D eigenvalue weighted by atomic mass is 9.94. The molecular formula is C19H18N2. The van der Waals surface area contributed by atoms with Crippen molar-refractivity contribution < 1.29 is 0 Å². The fourth-order valence-corrected chi connectivity index (χ4v) is 2.56. The van der Waals surface area contributed by atoms with E-state index in [1.165, 1.54) is 5.56 Å². The molecule has 0 unspecified atom stereocenters. The van der Waals surface area contributed by atoms with Gasteiger partial charge < -0.3 is 5.73 Å². The van der Waals surface area contributed by atoms with E-state index in [0.717, 1.165) is 35.2 Å². The van der Waals surface area contributed by atoms with Gasteiger partial charge in [-0.25, -0.2) is 0 Å². The summed E-state index contributed by atoms with van der Waals surface area (Å²) >= 11 is 0. The molecule has 2 aromatic rings. The second kappa shape index (κ2) is 5.80. The highest BCUT2D eigenvalue weighted by Gasteiger charge is 2.12. The van der Waals surface area contributed by atoms with Gasteiger partial charge in [-0.05, 0) is 24.0 Å². The molecule has 0 bridgehead atoms. The average molecular weight is 274 g/mol. The highest BCUT2D eigenvalue weighted by molar-refractivity contribution is 6.13. The first kappa shape index (κ1) is 13.4. The van der Waals surface area contributed by atoms with E-state index in [4.69, 9.17) is 11.1 Å². The number of hydrogen-bond acceptors (Lipinski definition) is 2. The largest absolute Gasteiger partial charge is 0.398 e. The number of rotatable bonds is 3. The predicted octanol–water partition coefficient (Wildman–Crippen LogP) is 4.28. The summed E-state index contributed by atoms with van der Waals surface area (Å²) in [5.74, 6) is 0. The maximum atomic E-state index is 8.34. The van der Waals surface area contributed by atoms with Crippen LogP contribution in [0.1, 0.15) is 18.4 Å². The van der Waals surface area contributed by atoms with Crippen LogP contribution < -0.4 is 5.73 Å². The van der Waals surface area contributed by atoms with Gasteiger partial charge in [-0.2, -0.15) is 0 Å². The third kappa shape index (κ3) is 2.79. The van der Waals surface area contributed by atoms with Crippen molar-refractivity contribution >= 4 is 5.71 Å². The molecule has 0 amide bonds. The molecule has 2 nitrogen and oxygen atoms in total. The second-order valence-corrected chi connectivity index (χ2v) is 5.17. The Bertz CT molecular complexity index is 707. The summed E-state index contributed by atoms with van der Waals surface area (Å²) in [6.07, 6.45) is 5.99. The van der Waals surface area contributed by atoms with Crippen molar-refractivity contribution in [1.82, 2.24) is 0 Å². The molecule has 21 heavy (non-hydrogen) atoms. The van der Waals surface area contributed by atoms with Crippen LogP contribution in [0.3, 0.4) is 0 Å². The standard InChI is InChI=1S/C19H18N2/c20-18-9-5-4-8-17(18)19(21)16-12-10-15(11-13-16)14-6-2-1-3-7-14/h1-3,6-13,21H,4-5,20H2. The maximum Gasteiger partial charge on any atom is 0.0701 e. The van der Waals surface area contributed by atoms with E-state index in [1.807, 2.05) is 36.4 Å². The van der Waals surface area contributed by atoms with Gasteiger partial charge in [-0.1, -0.05) is 66.7 Å². The first-order valence-corrected chi connectivity index (χ1v) is 7.16. The third-order valence-corrected chi connectivity index (χ3v) is 3.74. The van der Waals surface area contributed by atoms with Gasteiger partial charge in [0.15, 0.2) is 0 Å². The minimum absolute atomic E-state index is 0.503. The van der Waals surface area contributed by atoms with E-state index in [2.05, 4.69) is 30.3 Å². The predicted molar refractivity (Wildman–Crippen MR) is 88.3 cm³/mol. The fraction of sp³-hybridized carbons (Fsp3) is 0.105. The zero-order valence-corrected chi connectivity index (χ0v) is 11.8. The fourth-order valence-electron chi connectivity index (χ4n) is 2.56. The minimum Gasteiger partial charge on any atom is -0.398 e. The van der Waals surface area contributed by atoms with Gasteiger partial charge in [0, 0.05) is 16.8 Å². The number of nitrogens with two attached hydrogens (primary N) is 1. The molecule has 1 aliphatic carbocycles. The smallest absolute Gasteiger partial charge is 0.0701 e. The van der Waals surface area contributed by atoms with Gasteiger partial charge in [0.2, 0.25) is 0 Å². The van der Waals surface area contributed by atoms with E-state index in [9.17, 15) is 0 Å². The van der Waals surface area contributed by atoms with Crippen molar-refractivity contribution in [3.05, 3.63) is 83.6 Å². The molecule has 0 heterocycles. The number of nitrogens with one attached hydrogen (secondary N) is 1. The Morgan fingerprint density at radius 2 is 1.43 bits per heavy atom. The lowest BCUT2D eigenvalue weighted by Crippen LogP contribution is -2.13. The topological polar surface area (TPSA) is 49.9 Å². The van der Waals surface area contributed by atoms with Crippen LogP contribution in [-0.4, -0.2) is 5.71 Å². The quantitative estimate of drug-likeness (QED) is 0.806. The van der Waals surface area contributed by atoms with Gasteiger partial charge in [-0.3, -0.25) is 5.41 Å². The zero-order valence-electron chi connectivity index (χ0n) is 11.8. The lowest BCUT2D eigenvalue weighted by molar-refractivity contribution is 0.998. The molecule has 0 atom stereocenters. The van der Waals surface area contributed by atoms with Crippen LogP contribution in [0.4, 0.5) is 0 Å². The van der Waals surface area contributed by atoms with Crippen LogP contribution in [0.15, 0.2) is 78.0 Å². The molecule has 0 saturated heterocycles. The molecule has 0 aliphatic heterocycles. The lowest BCUT2D eigenvalue weighted by Gasteiger charge is -2.14. The molecule has 1 aliphatic rings. The molecule has 104 valence electrons.